The summed E-state index contributed by atoms with van der Waals surface area (Å²) in [5, 5.41) is 1.13. The van der Waals surface area contributed by atoms with Crippen molar-refractivity contribution < 1.29 is 0 Å². The van der Waals surface area contributed by atoms with Gasteiger partial charge in [0.15, 0.2) is 0 Å². The van der Waals surface area contributed by atoms with Crippen molar-refractivity contribution in [3.63, 3.8) is 0 Å². The van der Waals surface area contributed by atoms with Gasteiger partial charge in [-0.05, 0) is 44.7 Å². The summed E-state index contributed by atoms with van der Waals surface area (Å²) in [4.78, 5) is 10.0. The quantitative estimate of drug-likeness (QED) is 0.837. The van der Waals surface area contributed by atoms with E-state index in [0.29, 0.717) is 0 Å². The van der Waals surface area contributed by atoms with Gasteiger partial charge in [-0.15, -0.1) is 0 Å². The monoisotopic (exact) mass is 336 g/mol. The summed E-state index contributed by atoms with van der Waals surface area (Å²) in [7, 11) is 0. The molecule has 5 heteroatoms. The van der Waals surface area contributed by atoms with E-state index in [-0.39, 0.29) is 5.41 Å². The lowest BCUT2D eigenvalue weighted by molar-refractivity contribution is 0.222. The van der Waals surface area contributed by atoms with E-state index in [0.717, 1.165) is 30.0 Å². The Morgan fingerprint density at radius 2 is 1.78 bits per heavy atom. The summed E-state index contributed by atoms with van der Waals surface area (Å²) < 4.78 is 4.59. The predicted octanol–water partition coefficient (Wildman–Crippen LogP) is 3.93. The predicted molar refractivity (Wildman–Crippen MR) is 98.5 cm³/mol. The fraction of sp³-hybridized carbons (Fsp3) is 0.889. The molecule has 2 aliphatic heterocycles. The van der Waals surface area contributed by atoms with Crippen molar-refractivity contribution in [2.75, 3.05) is 37.6 Å². The van der Waals surface area contributed by atoms with Crippen LogP contribution in [-0.2, 0) is 5.41 Å². The van der Waals surface area contributed by atoms with Crippen molar-refractivity contribution in [2.24, 2.45) is 5.92 Å². The first kappa shape index (κ1) is 17.2. The molecule has 0 N–H and O–H groups in total. The Bertz CT molecular complexity index is 485. The molecule has 0 spiro atoms. The molecule has 0 radical (unpaired) electrons. The average molecular weight is 337 g/mol. The van der Waals surface area contributed by atoms with Gasteiger partial charge in [-0.1, -0.05) is 33.6 Å². The Hall–Kier alpha value is -0.680. The maximum absolute atomic E-state index is 4.82. The Morgan fingerprint density at radius 1 is 1.04 bits per heavy atom. The van der Waals surface area contributed by atoms with Gasteiger partial charge in [0.25, 0.3) is 0 Å². The molecule has 130 valence electrons. The topological polar surface area (TPSA) is 32.3 Å². The molecule has 0 aromatic carbocycles. The van der Waals surface area contributed by atoms with Gasteiger partial charge in [0, 0.05) is 36.6 Å². The minimum atomic E-state index is 0.0516. The minimum Gasteiger partial charge on any atom is -0.347 e. The summed E-state index contributed by atoms with van der Waals surface area (Å²) in [5.41, 5.74) is 0.0516. The first-order chi connectivity index (χ1) is 11.0. The lowest BCUT2D eigenvalue weighted by Crippen LogP contribution is -2.41. The summed E-state index contributed by atoms with van der Waals surface area (Å²) >= 11 is 1.59. The largest absolute Gasteiger partial charge is 0.347 e. The molecule has 1 unspecified atom stereocenters. The molecule has 0 amide bonds. The van der Waals surface area contributed by atoms with Crippen molar-refractivity contribution >= 4 is 16.7 Å². The van der Waals surface area contributed by atoms with Crippen LogP contribution < -0.4 is 4.90 Å². The molecule has 2 aliphatic rings. The zero-order valence-electron chi connectivity index (χ0n) is 15.1. The number of aromatic nitrogens is 2. The molecule has 0 bridgehead atoms. The van der Waals surface area contributed by atoms with E-state index in [4.69, 9.17) is 4.98 Å². The second kappa shape index (κ2) is 7.47. The molecule has 1 aromatic heterocycles. The normalized spacial score (nSPS) is 24.7. The molecule has 0 aliphatic carbocycles. The van der Waals surface area contributed by atoms with E-state index in [1.165, 1.54) is 58.2 Å². The molecule has 2 fully saturated rings. The van der Waals surface area contributed by atoms with Crippen LogP contribution in [0, 0.1) is 5.92 Å². The highest BCUT2D eigenvalue weighted by atomic mass is 32.1. The number of nitrogens with zero attached hydrogens (tertiary/aromatic N) is 4. The Morgan fingerprint density at radius 3 is 2.43 bits per heavy atom. The van der Waals surface area contributed by atoms with Crippen LogP contribution in [0.2, 0.25) is 0 Å². The van der Waals surface area contributed by atoms with Crippen LogP contribution in [0.15, 0.2) is 0 Å². The van der Waals surface area contributed by atoms with E-state index < -0.39 is 0 Å². The van der Waals surface area contributed by atoms with Crippen LogP contribution in [0.4, 0.5) is 5.13 Å². The maximum atomic E-state index is 4.82. The number of hydrogen-bond donors (Lipinski definition) is 0. The number of anilines is 1. The van der Waals surface area contributed by atoms with Crippen LogP contribution >= 0.6 is 11.5 Å². The smallest absolute Gasteiger partial charge is 0.205 e. The minimum absolute atomic E-state index is 0.0516. The second-order valence-electron chi connectivity index (χ2n) is 8.32. The number of hydrogen-bond acceptors (Lipinski definition) is 5. The molecule has 4 nitrogen and oxygen atoms in total. The zero-order valence-corrected chi connectivity index (χ0v) is 15.9. The first-order valence-electron chi connectivity index (χ1n) is 9.34. The van der Waals surface area contributed by atoms with Crippen molar-refractivity contribution in [3.05, 3.63) is 5.82 Å². The zero-order chi connectivity index (χ0) is 16.3. The lowest BCUT2D eigenvalue weighted by atomic mass is 9.96. The van der Waals surface area contributed by atoms with Gasteiger partial charge in [-0.25, -0.2) is 4.98 Å². The van der Waals surface area contributed by atoms with E-state index in [9.17, 15) is 0 Å². The highest BCUT2D eigenvalue weighted by Gasteiger charge is 2.26. The Kier molecular flexibility index (Phi) is 5.57. The van der Waals surface area contributed by atoms with Gasteiger partial charge < -0.3 is 9.80 Å². The van der Waals surface area contributed by atoms with E-state index >= 15 is 0 Å². The lowest BCUT2D eigenvalue weighted by Gasteiger charge is -2.35. The maximum Gasteiger partial charge on any atom is 0.205 e. The van der Waals surface area contributed by atoms with Gasteiger partial charge in [0.2, 0.25) is 5.13 Å². The van der Waals surface area contributed by atoms with Crippen LogP contribution in [-0.4, -0.2) is 47.0 Å². The van der Waals surface area contributed by atoms with Crippen molar-refractivity contribution in [2.45, 2.75) is 64.7 Å². The summed E-state index contributed by atoms with van der Waals surface area (Å²) in [6, 6.07) is 0. The highest BCUT2D eigenvalue weighted by molar-refractivity contribution is 7.09. The van der Waals surface area contributed by atoms with E-state index in [1.807, 2.05) is 0 Å². The van der Waals surface area contributed by atoms with Gasteiger partial charge in [0.1, 0.15) is 5.82 Å². The first-order valence-corrected chi connectivity index (χ1v) is 10.1. The molecule has 2 saturated heterocycles. The summed E-state index contributed by atoms with van der Waals surface area (Å²) in [6.07, 6.45) is 8.30. The average Bonchev–Trinajstić information content (AvgIpc) is 2.88. The van der Waals surface area contributed by atoms with Crippen LogP contribution in [0.1, 0.15) is 65.1 Å². The SMILES string of the molecule is CC(C)(C)c1nsc(N2CCCC(CN3CCCCCC3)C2)n1. The molecular formula is C18H32N4S. The third kappa shape index (κ3) is 4.66. The van der Waals surface area contributed by atoms with Gasteiger partial charge in [-0.2, -0.15) is 4.37 Å². The molecule has 1 atom stereocenters. The number of likely N-dealkylation sites (tertiary alicyclic amines) is 1. The molecule has 3 heterocycles. The van der Waals surface area contributed by atoms with E-state index in [1.54, 1.807) is 11.5 Å². The molecule has 1 aromatic rings. The fourth-order valence-corrected chi connectivity index (χ4v) is 4.61. The third-order valence-corrected chi connectivity index (χ3v) is 5.87. The fourth-order valence-electron chi connectivity index (χ4n) is 3.72. The summed E-state index contributed by atoms with van der Waals surface area (Å²) in [6.45, 7) is 12.8. The van der Waals surface area contributed by atoms with Crippen LogP contribution in [0.5, 0.6) is 0 Å². The van der Waals surface area contributed by atoms with Gasteiger partial charge in [-0.3, -0.25) is 0 Å². The van der Waals surface area contributed by atoms with Crippen molar-refractivity contribution in [3.8, 4) is 0 Å². The van der Waals surface area contributed by atoms with Crippen LogP contribution in [0.3, 0.4) is 0 Å². The Labute approximate surface area is 145 Å². The van der Waals surface area contributed by atoms with Gasteiger partial charge in [0.05, 0.1) is 0 Å². The van der Waals surface area contributed by atoms with Crippen molar-refractivity contribution in [1.29, 1.82) is 0 Å². The second-order valence-corrected chi connectivity index (χ2v) is 9.05. The molecule has 3 rings (SSSR count). The molecular weight excluding hydrogens is 304 g/mol. The van der Waals surface area contributed by atoms with Crippen LogP contribution in [0.25, 0.3) is 0 Å². The number of piperidine rings is 1. The summed E-state index contributed by atoms with van der Waals surface area (Å²) in [5.74, 6) is 1.79. The highest BCUT2D eigenvalue weighted by Crippen LogP contribution is 2.29. The molecule has 23 heavy (non-hydrogen) atoms. The third-order valence-electron chi connectivity index (χ3n) is 5.09. The van der Waals surface area contributed by atoms with Crippen molar-refractivity contribution in [1.82, 2.24) is 14.3 Å². The number of rotatable bonds is 3. The molecule has 0 saturated carbocycles. The standard InChI is InChI=1S/C18H32N4S/c1-18(2,3)16-19-17(23-20-16)22-12-8-9-15(14-22)13-21-10-6-4-5-7-11-21/h15H,4-14H2,1-3H3. The van der Waals surface area contributed by atoms with Gasteiger partial charge >= 0.3 is 0 Å². The Balaban J connectivity index is 1.58. The van der Waals surface area contributed by atoms with E-state index in [2.05, 4.69) is 34.9 Å².